The maximum Gasteiger partial charge on any atom is 0.258 e. The summed E-state index contributed by atoms with van der Waals surface area (Å²) in [6.07, 6.45) is 0.827. The quantitative estimate of drug-likeness (QED) is 0.309. The highest BCUT2D eigenvalue weighted by molar-refractivity contribution is 6.06. The summed E-state index contributed by atoms with van der Waals surface area (Å²) in [6, 6.07) is 34.1. The topological polar surface area (TPSA) is 70.7 Å². The van der Waals surface area contributed by atoms with Crippen LogP contribution in [-0.2, 0) is 11.2 Å². The molecule has 6 heteroatoms. The lowest BCUT2D eigenvalue weighted by Gasteiger charge is -2.17. The van der Waals surface area contributed by atoms with Crippen molar-refractivity contribution < 1.29 is 14.3 Å². The monoisotopic (exact) mass is 479 g/mol. The number of hydrogen-bond acceptors (Lipinski definition) is 4. The molecule has 0 saturated heterocycles. The van der Waals surface area contributed by atoms with Crippen LogP contribution in [-0.4, -0.2) is 32.0 Å². The number of carbonyl (C=O) groups is 2. The number of rotatable bonds is 10. The SMILES string of the molecule is CN(C(=O)c1ccc(NC(=O)CNc2cccc(OCCc3ccccc3)c2)cc1)c1ccccc1. The zero-order chi connectivity index (χ0) is 25.2. The van der Waals surface area contributed by atoms with Crippen molar-refractivity contribution in [2.45, 2.75) is 6.42 Å². The van der Waals surface area contributed by atoms with E-state index < -0.39 is 0 Å². The first kappa shape index (κ1) is 24.5. The molecule has 0 saturated carbocycles. The summed E-state index contributed by atoms with van der Waals surface area (Å²) >= 11 is 0. The Hall–Kier alpha value is -4.58. The molecule has 0 aliphatic carbocycles. The van der Waals surface area contributed by atoms with Crippen LogP contribution < -0.4 is 20.3 Å². The molecule has 0 unspecified atom stereocenters. The molecule has 6 nitrogen and oxygen atoms in total. The minimum atomic E-state index is -0.189. The van der Waals surface area contributed by atoms with E-state index in [1.54, 1.807) is 36.2 Å². The Balaban J connectivity index is 1.24. The lowest BCUT2D eigenvalue weighted by Crippen LogP contribution is -2.26. The first-order chi connectivity index (χ1) is 17.6. The smallest absolute Gasteiger partial charge is 0.258 e. The summed E-state index contributed by atoms with van der Waals surface area (Å²) in [6.45, 7) is 0.679. The lowest BCUT2D eigenvalue weighted by molar-refractivity contribution is -0.114. The van der Waals surface area contributed by atoms with E-state index >= 15 is 0 Å². The third-order valence-corrected chi connectivity index (χ3v) is 5.65. The molecule has 36 heavy (non-hydrogen) atoms. The molecule has 0 aliphatic heterocycles. The second-order valence-electron chi connectivity index (χ2n) is 8.29. The molecule has 0 radical (unpaired) electrons. The fourth-order valence-electron chi connectivity index (χ4n) is 3.67. The Labute approximate surface area is 211 Å². The molecule has 0 aromatic heterocycles. The molecule has 4 aromatic carbocycles. The third kappa shape index (κ3) is 6.96. The number of para-hydroxylation sites is 1. The van der Waals surface area contributed by atoms with Gasteiger partial charge in [-0.25, -0.2) is 0 Å². The summed E-state index contributed by atoms with van der Waals surface area (Å²) in [4.78, 5) is 26.7. The van der Waals surface area contributed by atoms with Crippen LogP contribution in [0.25, 0.3) is 0 Å². The Morgan fingerprint density at radius 2 is 1.47 bits per heavy atom. The number of anilines is 3. The summed E-state index contributed by atoms with van der Waals surface area (Å²) in [5.41, 5.74) is 4.01. The maximum absolute atomic E-state index is 12.7. The van der Waals surface area contributed by atoms with E-state index in [-0.39, 0.29) is 18.4 Å². The molecule has 0 fully saturated rings. The molecular formula is C30H29N3O3. The Morgan fingerprint density at radius 1 is 0.778 bits per heavy atom. The zero-order valence-electron chi connectivity index (χ0n) is 20.2. The predicted octanol–water partition coefficient (Wildman–Crippen LogP) is 5.64. The van der Waals surface area contributed by atoms with Crippen LogP contribution in [0, 0.1) is 0 Å². The number of amides is 2. The summed E-state index contributed by atoms with van der Waals surface area (Å²) in [5, 5.41) is 5.97. The van der Waals surface area contributed by atoms with Gasteiger partial charge in [0.25, 0.3) is 5.91 Å². The van der Waals surface area contributed by atoms with E-state index in [9.17, 15) is 9.59 Å². The van der Waals surface area contributed by atoms with Gasteiger partial charge in [-0.1, -0.05) is 54.6 Å². The van der Waals surface area contributed by atoms with Gasteiger partial charge in [-0.2, -0.15) is 0 Å². The molecule has 0 bridgehead atoms. The fraction of sp³-hybridized carbons (Fsp3) is 0.133. The van der Waals surface area contributed by atoms with Crippen LogP contribution in [0.1, 0.15) is 15.9 Å². The second-order valence-corrected chi connectivity index (χ2v) is 8.29. The van der Waals surface area contributed by atoms with Gasteiger partial charge in [-0.15, -0.1) is 0 Å². The van der Waals surface area contributed by atoms with Crippen LogP contribution >= 0.6 is 0 Å². The first-order valence-electron chi connectivity index (χ1n) is 11.8. The van der Waals surface area contributed by atoms with Gasteiger partial charge >= 0.3 is 0 Å². The molecule has 2 N–H and O–H groups in total. The van der Waals surface area contributed by atoms with Gasteiger partial charge in [0, 0.05) is 42.2 Å². The van der Waals surface area contributed by atoms with Crippen LogP contribution in [0.4, 0.5) is 17.1 Å². The molecule has 4 rings (SSSR count). The fourth-order valence-corrected chi connectivity index (χ4v) is 3.67. The zero-order valence-corrected chi connectivity index (χ0v) is 20.2. The van der Waals surface area contributed by atoms with E-state index in [1.165, 1.54) is 5.56 Å². The number of carbonyl (C=O) groups excluding carboxylic acids is 2. The van der Waals surface area contributed by atoms with Crippen molar-refractivity contribution in [1.82, 2.24) is 0 Å². The normalized spacial score (nSPS) is 10.4. The van der Waals surface area contributed by atoms with E-state index in [0.717, 1.165) is 23.5 Å². The highest BCUT2D eigenvalue weighted by atomic mass is 16.5. The van der Waals surface area contributed by atoms with Crippen molar-refractivity contribution in [3.8, 4) is 5.75 Å². The highest BCUT2D eigenvalue weighted by Gasteiger charge is 2.13. The van der Waals surface area contributed by atoms with Crippen molar-refractivity contribution >= 4 is 28.9 Å². The van der Waals surface area contributed by atoms with Crippen LogP contribution in [0.2, 0.25) is 0 Å². The summed E-state index contributed by atoms with van der Waals surface area (Å²) in [5.74, 6) is 0.439. The first-order valence-corrected chi connectivity index (χ1v) is 11.8. The highest BCUT2D eigenvalue weighted by Crippen LogP contribution is 2.19. The van der Waals surface area contributed by atoms with E-state index in [4.69, 9.17) is 4.74 Å². The van der Waals surface area contributed by atoms with Gasteiger partial charge in [0.05, 0.1) is 13.2 Å². The molecule has 0 atom stereocenters. The Kier molecular flexibility index (Phi) is 8.33. The number of benzene rings is 4. The van der Waals surface area contributed by atoms with Gasteiger partial charge in [-0.3, -0.25) is 9.59 Å². The predicted molar refractivity (Wildman–Crippen MR) is 145 cm³/mol. The van der Waals surface area contributed by atoms with Gasteiger partial charge in [-0.05, 0) is 54.1 Å². The van der Waals surface area contributed by atoms with Crippen molar-refractivity contribution in [3.63, 3.8) is 0 Å². The standard InChI is InChI=1S/C30H29N3O3/c1-33(27-12-6-3-7-13-27)30(35)24-15-17-25(18-16-24)32-29(34)22-31-26-11-8-14-28(21-26)36-20-19-23-9-4-2-5-10-23/h2-18,21,31H,19-20,22H2,1H3,(H,32,34). The van der Waals surface area contributed by atoms with Gasteiger partial charge in [0.2, 0.25) is 5.91 Å². The second kappa shape index (κ2) is 12.2. The molecule has 0 heterocycles. The molecule has 0 aliphatic rings. The van der Waals surface area contributed by atoms with E-state index in [2.05, 4.69) is 22.8 Å². The van der Waals surface area contributed by atoms with Gasteiger partial charge in [0.1, 0.15) is 5.75 Å². The summed E-state index contributed by atoms with van der Waals surface area (Å²) in [7, 11) is 1.74. The molecule has 0 spiro atoms. The summed E-state index contributed by atoms with van der Waals surface area (Å²) < 4.78 is 5.86. The van der Waals surface area contributed by atoms with Crippen molar-refractivity contribution in [2.75, 3.05) is 35.7 Å². The van der Waals surface area contributed by atoms with Gasteiger partial charge < -0.3 is 20.3 Å². The Bertz CT molecular complexity index is 1280. The number of nitrogens with zero attached hydrogens (tertiary/aromatic N) is 1. The van der Waals surface area contributed by atoms with Crippen LogP contribution in [0.3, 0.4) is 0 Å². The number of nitrogens with one attached hydrogen (secondary N) is 2. The van der Waals surface area contributed by atoms with Crippen molar-refractivity contribution in [3.05, 3.63) is 120 Å². The van der Waals surface area contributed by atoms with Gasteiger partial charge in [0.15, 0.2) is 0 Å². The number of ether oxygens (including phenoxy) is 1. The third-order valence-electron chi connectivity index (χ3n) is 5.65. The molecule has 2 amide bonds. The van der Waals surface area contributed by atoms with Crippen molar-refractivity contribution in [1.29, 1.82) is 0 Å². The molecule has 4 aromatic rings. The maximum atomic E-state index is 12.7. The average molecular weight is 480 g/mol. The van der Waals surface area contributed by atoms with Crippen LogP contribution in [0.5, 0.6) is 5.75 Å². The lowest BCUT2D eigenvalue weighted by atomic mass is 10.1. The van der Waals surface area contributed by atoms with E-state index in [0.29, 0.717) is 17.9 Å². The largest absolute Gasteiger partial charge is 0.493 e. The number of hydrogen-bond donors (Lipinski definition) is 2. The molecule has 182 valence electrons. The minimum absolute atomic E-state index is 0.102. The minimum Gasteiger partial charge on any atom is -0.493 e. The van der Waals surface area contributed by atoms with E-state index in [1.807, 2.05) is 72.8 Å². The average Bonchev–Trinajstić information content (AvgIpc) is 2.93. The van der Waals surface area contributed by atoms with Crippen LogP contribution in [0.15, 0.2) is 109 Å². The van der Waals surface area contributed by atoms with Crippen molar-refractivity contribution in [2.24, 2.45) is 0 Å². The molecular weight excluding hydrogens is 450 g/mol. The Morgan fingerprint density at radius 3 is 2.19 bits per heavy atom.